The minimum absolute atomic E-state index is 0.120. The molecule has 1 N–H and O–H groups in total. The summed E-state index contributed by atoms with van der Waals surface area (Å²) in [6, 6.07) is 16.4. The van der Waals surface area contributed by atoms with Crippen LogP contribution in [-0.2, 0) is 10.0 Å². The summed E-state index contributed by atoms with van der Waals surface area (Å²) in [4.78, 5) is 17.0. The van der Waals surface area contributed by atoms with Crippen LogP contribution in [0.1, 0.15) is 22.8 Å². The molecular formula is C22H27N3O3S. The number of carbonyl (C=O) groups is 1. The normalized spacial score (nSPS) is 15.7. The summed E-state index contributed by atoms with van der Waals surface area (Å²) in [5.74, 6) is -0.127. The molecule has 0 aromatic heterocycles. The third-order valence-electron chi connectivity index (χ3n) is 4.86. The Kier molecular flexibility index (Phi) is 7.19. The van der Waals surface area contributed by atoms with E-state index in [2.05, 4.69) is 33.9 Å². The predicted molar refractivity (Wildman–Crippen MR) is 115 cm³/mol. The van der Waals surface area contributed by atoms with Gasteiger partial charge in [0, 0.05) is 44.8 Å². The van der Waals surface area contributed by atoms with Crippen molar-refractivity contribution in [3.05, 3.63) is 71.8 Å². The Balaban J connectivity index is 1.56. The Hall–Kier alpha value is -2.48. The number of nitrogens with one attached hydrogen (secondary N) is 1. The van der Waals surface area contributed by atoms with Crippen LogP contribution in [0.4, 0.5) is 0 Å². The quantitative estimate of drug-likeness (QED) is 0.757. The van der Waals surface area contributed by atoms with Crippen molar-refractivity contribution in [3.8, 4) is 0 Å². The van der Waals surface area contributed by atoms with Crippen LogP contribution in [0.5, 0.6) is 0 Å². The van der Waals surface area contributed by atoms with Gasteiger partial charge in [0.15, 0.2) is 0 Å². The number of benzene rings is 2. The van der Waals surface area contributed by atoms with Gasteiger partial charge < -0.3 is 4.90 Å². The van der Waals surface area contributed by atoms with E-state index in [-0.39, 0.29) is 10.8 Å². The number of nitrogens with zero attached hydrogens (tertiary/aromatic N) is 2. The second-order valence-electron chi connectivity index (χ2n) is 6.94. The van der Waals surface area contributed by atoms with E-state index in [9.17, 15) is 13.2 Å². The van der Waals surface area contributed by atoms with Crippen LogP contribution in [0, 0.1) is 0 Å². The fourth-order valence-corrected chi connectivity index (χ4v) is 4.37. The van der Waals surface area contributed by atoms with E-state index < -0.39 is 10.0 Å². The van der Waals surface area contributed by atoms with Gasteiger partial charge in [0.25, 0.3) is 5.91 Å². The fraction of sp³-hybridized carbons (Fsp3) is 0.318. The maximum absolute atomic E-state index is 12.8. The largest absolute Gasteiger partial charge is 0.336 e. The van der Waals surface area contributed by atoms with Crippen LogP contribution in [0.2, 0.25) is 0 Å². The molecular weight excluding hydrogens is 386 g/mol. The van der Waals surface area contributed by atoms with Gasteiger partial charge in [0.1, 0.15) is 0 Å². The summed E-state index contributed by atoms with van der Waals surface area (Å²) >= 11 is 0. The van der Waals surface area contributed by atoms with Gasteiger partial charge >= 0.3 is 0 Å². The Morgan fingerprint density at radius 2 is 1.76 bits per heavy atom. The number of rotatable bonds is 7. The van der Waals surface area contributed by atoms with E-state index in [4.69, 9.17) is 0 Å². The first-order valence-electron chi connectivity index (χ1n) is 9.82. The molecule has 0 atom stereocenters. The van der Waals surface area contributed by atoms with Crippen molar-refractivity contribution in [2.75, 3.05) is 39.3 Å². The molecule has 154 valence electrons. The van der Waals surface area contributed by atoms with Crippen LogP contribution in [0.15, 0.2) is 65.6 Å². The number of hydrogen-bond acceptors (Lipinski definition) is 4. The van der Waals surface area contributed by atoms with Gasteiger partial charge in [-0.15, -0.1) is 0 Å². The molecule has 0 saturated carbocycles. The van der Waals surface area contributed by atoms with E-state index >= 15 is 0 Å². The van der Waals surface area contributed by atoms with Gasteiger partial charge in [-0.2, -0.15) is 0 Å². The Labute approximate surface area is 172 Å². The van der Waals surface area contributed by atoms with Gasteiger partial charge in [-0.3, -0.25) is 9.69 Å². The lowest BCUT2D eigenvalue weighted by Crippen LogP contribution is -2.48. The molecule has 7 heteroatoms. The van der Waals surface area contributed by atoms with E-state index in [0.29, 0.717) is 25.2 Å². The van der Waals surface area contributed by atoms with Crippen LogP contribution in [0.25, 0.3) is 6.08 Å². The number of sulfonamides is 1. The molecule has 29 heavy (non-hydrogen) atoms. The van der Waals surface area contributed by atoms with Gasteiger partial charge in [0.05, 0.1) is 4.90 Å². The smallest absolute Gasteiger partial charge is 0.253 e. The molecule has 1 aliphatic heterocycles. The molecule has 1 fully saturated rings. The maximum Gasteiger partial charge on any atom is 0.253 e. The third-order valence-corrected chi connectivity index (χ3v) is 6.40. The lowest BCUT2D eigenvalue weighted by Gasteiger charge is -2.34. The second kappa shape index (κ2) is 9.82. The first-order chi connectivity index (χ1) is 14.0. The Bertz CT molecular complexity index is 950. The highest BCUT2D eigenvalue weighted by Gasteiger charge is 2.23. The van der Waals surface area contributed by atoms with Gasteiger partial charge in [-0.25, -0.2) is 13.1 Å². The molecule has 1 heterocycles. The Morgan fingerprint density at radius 1 is 1.03 bits per heavy atom. The van der Waals surface area contributed by atoms with Crippen molar-refractivity contribution in [1.82, 2.24) is 14.5 Å². The topological polar surface area (TPSA) is 69.7 Å². The average molecular weight is 414 g/mol. The van der Waals surface area contributed by atoms with E-state index in [1.165, 1.54) is 17.7 Å². The van der Waals surface area contributed by atoms with Crippen LogP contribution < -0.4 is 4.72 Å². The molecule has 6 nitrogen and oxygen atoms in total. The van der Waals surface area contributed by atoms with Crippen LogP contribution in [-0.4, -0.2) is 63.4 Å². The summed E-state index contributed by atoms with van der Waals surface area (Å²) in [6.45, 7) is 5.71. The zero-order chi connectivity index (χ0) is 20.7. The number of carbonyl (C=O) groups excluding carboxylic acids is 1. The Morgan fingerprint density at radius 3 is 2.45 bits per heavy atom. The van der Waals surface area contributed by atoms with Crippen molar-refractivity contribution in [2.24, 2.45) is 0 Å². The van der Waals surface area contributed by atoms with E-state index in [0.717, 1.165) is 19.6 Å². The summed E-state index contributed by atoms with van der Waals surface area (Å²) in [5.41, 5.74) is 1.58. The molecule has 0 unspecified atom stereocenters. The number of hydrogen-bond donors (Lipinski definition) is 1. The van der Waals surface area contributed by atoms with Gasteiger partial charge in [-0.05, 0) is 23.8 Å². The SMILES string of the molecule is CCNS(=O)(=O)c1cccc(C(=O)N2CCN(C/C=C/c3ccccc3)CC2)c1. The van der Waals surface area contributed by atoms with Crippen molar-refractivity contribution >= 4 is 22.0 Å². The van der Waals surface area contributed by atoms with Crippen molar-refractivity contribution in [3.63, 3.8) is 0 Å². The van der Waals surface area contributed by atoms with Crippen molar-refractivity contribution in [2.45, 2.75) is 11.8 Å². The zero-order valence-corrected chi connectivity index (χ0v) is 17.4. The lowest BCUT2D eigenvalue weighted by molar-refractivity contribution is 0.0650. The van der Waals surface area contributed by atoms with Crippen molar-refractivity contribution < 1.29 is 13.2 Å². The first kappa shape index (κ1) is 21.2. The maximum atomic E-state index is 12.8. The molecule has 2 aromatic rings. The number of piperazine rings is 1. The highest BCUT2D eigenvalue weighted by atomic mass is 32.2. The predicted octanol–water partition coefficient (Wildman–Crippen LogP) is 2.46. The third kappa shape index (κ3) is 5.76. The van der Waals surface area contributed by atoms with Gasteiger partial charge in [-0.1, -0.05) is 55.5 Å². The molecule has 0 spiro atoms. The van der Waals surface area contributed by atoms with Crippen molar-refractivity contribution in [1.29, 1.82) is 0 Å². The summed E-state index contributed by atoms with van der Waals surface area (Å²) in [5, 5.41) is 0. The van der Waals surface area contributed by atoms with E-state index in [1.807, 2.05) is 18.2 Å². The second-order valence-corrected chi connectivity index (χ2v) is 8.70. The monoisotopic (exact) mass is 413 g/mol. The molecule has 1 saturated heterocycles. The molecule has 3 rings (SSSR count). The fourth-order valence-electron chi connectivity index (χ4n) is 3.29. The van der Waals surface area contributed by atoms with Crippen LogP contribution in [0.3, 0.4) is 0 Å². The molecule has 0 aliphatic carbocycles. The average Bonchev–Trinajstić information content (AvgIpc) is 2.75. The summed E-state index contributed by atoms with van der Waals surface area (Å²) in [6.07, 6.45) is 4.25. The van der Waals surface area contributed by atoms with Gasteiger partial charge in [0.2, 0.25) is 10.0 Å². The molecule has 2 aromatic carbocycles. The molecule has 1 amide bonds. The highest BCUT2D eigenvalue weighted by molar-refractivity contribution is 7.89. The zero-order valence-electron chi connectivity index (χ0n) is 16.6. The molecule has 0 radical (unpaired) electrons. The summed E-state index contributed by atoms with van der Waals surface area (Å²) in [7, 11) is -3.58. The molecule has 0 bridgehead atoms. The summed E-state index contributed by atoms with van der Waals surface area (Å²) < 4.78 is 26.8. The first-order valence-corrected chi connectivity index (χ1v) is 11.3. The molecule has 1 aliphatic rings. The highest BCUT2D eigenvalue weighted by Crippen LogP contribution is 2.15. The minimum atomic E-state index is -3.58. The number of amides is 1. The minimum Gasteiger partial charge on any atom is -0.336 e. The lowest BCUT2D eigenvalue weighted by atomic mass is 10.1. The van der Waals surface area contributed by atoms with E-state index in [1.54, 1.807) is 24.0 Å². The standard InChI is InChI=1S/C22H27N3O3S/c1-2-23-29(27,28)21-12-6-11-20(18-21)22(26)25-16-14-24(15-17-25)13-7-10-19-8-4-3-5-9-19/h3-12,18,23H,2,13-17H2,1H3/b10-7+. The van der Waals surface area contributed by atoms with Crippen LogP contribution >= 0.6 is 0 Å².